The van der Waals surface area contributed by atoms with Gasteiger partial charge in [0.25, 0.3) is 5.56 Å². The molecule has 4 aromatic rings. The molecule has 0 aliphatic heterocycles. The molecule has 0 aliphatic rings. The Bertz CT molecular complexity index is 1550. The van der Waals surface area contributed by atoms with E-state index in [1.807, 2.05) is 42.5 Å². The van der Waals surface area contributed by atoms with Gasteiger partial charge in [-0.1, -0.05) is 71.4 Å². The van der Waals surface area contributed by atoms with Crippen LogP contribution in [-0.4, -0.2) is 35.0 Å². The van der Waals surface area contributed by atoms with E-state index in [1.54, 1.807) is 11.1 Å². The molecule has 2 N–H and O–H groups in total. The van der Waals surface area contributed by atoms with Crippen LogP contribution < -0.4 is 20.5 Å². The van der Waals surface area contributed by atoms with Gasteiger partial charge in [0.1, 0.15) is 17.1 Å². The number of amides is 2. The average Bonchev–Trinajstić information content (AvgIpc) is 2.97. The van der Waals surface area contributed by atoms with Gasteiger partial charge in [0.15, 0.2) is 0 Å². The maximum atomic E-state index is 14.3. The van der Waals surface area contributed by atoms with Gasteiger partial charge in [0.2, 0.25) is 0 Å². The molecule has 8 heteroatoms. The molecule has 0 saturated carbocycles. The number of fused-ring (bicyclic) bond motifs is 1. The Balaban J connectivity index is 1.90. The fraction of sp³-hybridized carbons (Fsp3) is 0.382. The number of nitrogens with one attached hydrogen (secondary N) is 2. The highest BCUT2D eigenvalue weighted by atomic mass is 35.5. The number of ether oxygens (including phenoxy) is 1. The van der Waals surface area contributed by atoms with Crippen molar-refractivity contribution in [2.45, 2.75) is 65.7 Å². The zero-order valence-corrected chi connectivity index (χ0v) is 25.9. The highest BCUT2D eigenvalue weighted by molar-refractivity contribution is 6.17. The summed E-state index contributed by atoms with van der Waals surface area (Å²) in [5, 5.41) is 3.97. The summed E-state index contributed by atoms with van der Waals surface area (Å²) in [7, 11) is 0. The highest BCUT2D eigenvalue weighted by Gasteiger charge is 2.27. The van der Waals surface area contributed by atoms with E-state index in [0.717, 1.165) is 47.0 Å². The van der Waals surface area contributed by atoms with Crippen molar-refractivity contribution in [3.8, 4) is 16.9 Å². The number of unbranched alkanes of at least 4 members (excludes halogenated alkanes) is 1. The number of aromatic amines is 1. The first-order chi connectivity index (χ1) is 20.3. The number of carbonyl (C=O) groups excluding carboxylic acids is 1. The van der Waals surface area contributed by atoms with Gasteiger partial charge in [-0.25, -0.2) is 9.78 Å². The van der Waals surface area contributed by atoms with Crippen LogP contribution >= 0.6 is 11.6 Å². The second-order valence-corrected chi connectivity index (χ2v) is 11.4. The van der Waals surface area contributed by atoms with Crippen LogP contribution in [0.3, 0.4) is 0 Å². The first-order valence-electron chi connectivity index (χ1n) is 14.8. The van der Waals surface area contributed by atoms with Crippen LogP contribution in [0.25, 0.3) is 22.2 Å². The number of halogens is 1. The zero-order chi connectivity index (χ0) is 30.2. The number of rotatable bonds is 12. The summed E-state index contributed by atoms with van der Waals surface area (Å²) in [4.78, 5) is 37.1. The number of benzene rings is 2. The lowest BCUT2D eigenvalue weighted by molar-refractivity contribution is 0.256. The highest BCUT2D eigenvalue weighted by Crippen LogP contribution is 2.37. The molecule has 0 bridgehead atoms. The molecule has 2 heterocycles. The number of urea groups is 1. The number of anilines is 2. The number of hydrogen-bond acceptors (Lipinski definition) is 4. The van der Waals surface area contributed by atoms with Crippen LogP contribution in [0, 0.1) is 0 Å². The summed E-state index contributed by atoms with van der Waals surface area (Å²) in [6, 6.07) is 17.2. The number of nitrogens with zero attached hydrogens (tertiary/aromatic N) is 2. The lowest BCUT2D eigenvalue weighted by atomic mass is 9.92. The van der Waals surface area contributed by atoms with Crippen molar-refractivity contribution in [1.29, 1.82) is 0 Å². The van der Waals surface area contributed by atoms with Crippen LogP contribution in [0.15, 0.2) is 65.6 Å². The van der Waals surface area contributed by atoms with Crippen LogP contribution in [0.1, 0.15) is 76.8 Å². The first-order valence-corrected chi connectivity index (χ1v) is 15.3. The maximum Gasteiger partial charge on any atom is 0.326 e. The minimum absolute atomic E-state index is 0.204. The molecule has 0 radical (unpaired) electrons. The van der Waals surface area contributed by atoms with Gasteiger partial charge in [0, 0.05) is 35.3 Å². The van der Waals surface area contributed by atoms with E-state index >= 15 is 0 Å². The monoisotopic (exact) mass is 588 g/mol. The number of H-pyrrole nitrogens is 1. The van der Waals surface area contributed by atoms with Gasteiger partial charge in [-0.3, -0.25) is 9.69 Å². The number of aromatic nitrogens is 2. The van der Waals surface area contributed by atoms with Gasteiger partial charge in [-0.15, -0.1) is 11.6 Å². The fourth-order valence-electron chi connectivity index (χ4n) is 5.15. The molecular formula is C34H41ClN4O3. The van der Waals surface area contributed by atoms with Crippen LogP contribution in [0.2, 0.25) is 0 Å². The van der Waals surface area contributed by atoms with Crippen molar-refractivity contribution in [3.63, 3.8) is 0 Å². The minimum Gasteiger partial charge on any atom is -0.494 e. The average molecular weight is 589 g/mol. The lowest BCUT2D eigenvalue weighted by Crippen LogP contribution is -2.40. The Morgan fingerprint density at radius 3 is 2.40 bits per heavy atom. The van der Waals surface area contributed by atoms with Crippen molar-refractivity contribution < 1.29 is 9.53 Å². The molecule has 222 valence electrons. The number of hydrogen-bond donors (Lipinski definition) is 2. The van der Waals surface area contributed by atoms with Gasteiger partial charge >= 0.3 is 6.03 Å². The third kappa shape index (κ3) is 6.96. The molecule has 2 aromatic carbocycles. The third-order valence-electron chi connectivity index (χ3n) is 7.29. The van der Waals surface area contributed by atoms with E-state index in [1.165, 1.54) is 0 Å². The summed E-state index contributed by atoms with van der Waals surface area (Å²) in [5.74, 6) is 1.58. The van der Waals surface area contributed by atoms with E-state index < -0.39 is 0 Å². The van der Waals surface area contributed by atoms with Gasteiger partial charge < -0.3 is 15.0 Å². The number of carbonyl (C=O) groups is 1. The predicted molar refractivity (Wildman–Crippen MR) is 175 cm³/mol. The van der Waals surface area contributed by atoms with E-state index in [9.17, 15) is 9.59 Å². The number of alkyl halides is 1. The Morgan fingerprint density at radius 1 is 1.02 bits per heavy atom. The van der Waals surface area contributed by atoms with E-state index in [4.69, 9.17) is 16.3 Å². The van der Waals surface area contributed by atoms with E-state index in [2.05, 4.69) is 62.0 Å². The molecule has 0 saturated heterocycles. The molecule has 0 spiro atoms. The number of pyridine rings is 2. The first kappa shape index (κ1) is 31.1. The molecule has 0 aliphatic carbocycles. The van der Waals surface area contributed by atoms with Crippen LogP contribution in [-0.2, 0) is 0 Å². The Hall–Kier alpha value is -3.84. The molecule has 0 unspecified atom stereocenters. The standard InChI is InChI=1S/C34H41ClN4O3/c1-6-7-19-39(34(41)37-30-26(22(2)3)14-9-15-27(30)23(4)5)31-29(28-16-10-18-36-32(28)38-33(31)40)24-12-8-13-25(21-24)42-20-11-17-35/h8-10,12-16,18,21-23H,6-7,11,17,19-20H2,1-5H3,(H,37,41)(H,36,38,40). The van der Waals surface area contributed by atoms with Crippen molar-refractivity contribution in [2.75, 3.05) is 29.2 Å². The zero-order valence-electron chi connectivity index (χ0n) is 25.2. The normalized spacial score (nSPS) is 11.3. The van der Waals surface area contributed by atoms with Crippen molar-refractivity contribution in [2.24, 2.45) is 0 Å². The summed E-state index contributed by atoms with van der Waals surface area (Å²) < 4.78 is 5.93. The Kier molecular flexibility index (Phi) is 10.6. The van der Waals surface area contributed by atoms with Crippen molar-refractivity contribution in [1.82, 2.24) is 9.97 Å². The summed E-state index contributed by atoms with van der Waals surface area (Å²) in [6.45, 7) is 11.4. The van der Waals surface area contributed by atoms with Crippen molar-refractivity contribution >= 4 is 40.0 Å². The Morgan fingerprint density at radius 2 is 1.74 bits per heavy atom. The Labute approximate surface area is 253 Å². The maximum absolute atomic E-state index is 14.3. The molecule has 7 nitrogen and oxygen atoms in total. The quantitative estimate of drug-likeness (QED) is 0.128. The lowest BCUT2D eigenvalue weighted by Gasteiger charge is -2.28. The molecule has 4 rings (SSSR count). The largest absolute Gasteiger partial charge is 0.494 e. The summed E-state index contributed by atoms with van der Waals surface area (Å²) >= 11 is 5.85. The molecule has 0 atom stereocenters. The fourth-order valence-corrected chi connectivity index (χ4v) is 5.26. The molecule has 0 fully saturated rings. The van der Waals surface area contributed by atoms with Crippen LogP contribution in [0.5, 0.6) is 5.75 Å². The van der Waals surface area contributed by atoms with Crippen LogP contribution in [0.4, 0.5) is 16.2 Å². The third-order valence-corrected chi connectivity index (χ3v) is 7.55. The van der Waals surface area contributed by atoms with E-state index in [-0.39, 0.29) is 29.1 Å². The second-order valence-electron chi connectivity index (χ2n) is 11.1. The topological polar surface area (TPSA) is 87.3 Å². The molecular weight excluding hydrogens is 548 g/mol. The number of para-hydroxylation sites is 1. The minimum atomic E-state index is -0.378. The second kappa shape index (κ2) is 14.4. The molecule has 2 amide bonds. The summed E-state index contributed by atoms with van der Waals surface area (Å²) in [5.41, 5.74) is 4.69. The van der Waals surface area contributed by atoms with Gasteiger partial charge in [-0.2, -0.15) is 0 Å². The predicted octanol–water partition coefficient (Wildman–Crippen LogP) is 8.68. The smallest absolute Gasteiger partial charge is 0.326 e. The summed E-state index contributed by atoms with van der Waals surface area (Å²) in [6.07, 6.45) is 3.94. The molecule has 2 aromatic heterocycles. The van der Waals surface area contributed by atoms with Crippen molar-refractivity contribution in [3.05, 3.63) is 82.3 Å². The van der Waals surface area contributed by atoms with Gasteiger partial charge in [0.05, 0.1) is 6.61 Å². The molecule has 42 heavy (non-hydrogen) atoms. The van der Waals surface area contributed by atoms with E-state index in [0.29, 0.717) is 36.0 Å². The SMILES string of the molecule is CCCCN(C(=O)Nc1c(C(C)C)cccc1C(C)C)c1c(-c2cccc(OCCCCl)c2)c2cccnc2[nH]c1=O. The van der Waals surface area contributed by atoms with Gasteiger partial charge in [-0.05, 0) is 65.6 Å².